The van der Waals surface area contributed by atoms with Gasteiger partial charge in [0.15, 0.2) is 0 Å². The van der Waals surface area contributed by atoms with E-state index in [2.05, 4.69) is 52.9 Å². The van der Waals surface area contributed by atoms with Gasteiger partial charge in [-0.2, -0.15) is 0 Å². The van der Waals surface area contributed by atoms with Crippen molar-refractivity contribution in [2.45, 2.75) is 32.7 Å². The zero-order valence-electron chi connectivity index (χ0n) is 14.0. The van der Waals surface area contributed by atoms with E-state index < -0.39 is 0 Å². The first-order valence-corrected chi connectivity index (χ1v) is 8.82. The molecule has 24 heavy (non-hydrogen) atoms. The Balaban J connectivity index is 1.66. The SMILES string of the molecule is Cc1ccc(CC(CCc2ccc(Cl)cc2)Cn2ccnc2)cc1. The van der Waals surface area contributed by atoms with E-state index in [9.17, 15) is 0 Å². The number of aryl methyl sites for hydroxylation is 2. The van der Waals surface area contributed by atoms with Gasteiger partial charge < -0.3 is 4.57 Å². The molecule has 3 heteroatoms. The Morgan fingerprint density at radius 2 is 1.71 bits per heavy atom. The van der Waals surface area contributed by atoms with Crippen molar-refractivity contribution in [3.05, 3.63) is 89.0 Å². The minimum absolute atomic E-state index is 0.581. The van der Waals surface area contributed by atoms with Gasteiger partial charge in [0.05, 0.1) is 6.33 Å². The zero-order chi connectivity index (χ0) is 16.8. The third-order valence-electron chi connectivity index (χ3n) is 4.43. The van der Waals surface area contributed by atoms with E-state index in [-0.39, 0.29) is 0 Å². The third kappa shape index (κ3) is 4.97. The van der Waals surface area contributed by atoms with Gasteiger partial charge in [-0.05, 0) is 55.4 Å². The summed E-state index contributed by atoms with van der Waals surface area (Å²) in [7, 11) is 0. The van der Waals surface area contributed by atoms with Crippen LogP contribution in [-0.4, -0.2) is 9.55 Å². The van der Waals surface area contributed by atoms with E-state index in [1.807, 2.05) is 30.9 Å². The summed E-state index contributed by atoms with van der Waals surface area (Å²) in [4.78, 5) is 4.17. The molecule has 1 heterocycles. The molecule has 2 nitrogen and oxygen atoms in total. The van der Waals surface area contributed by atoms with Crippen molar-refractivity contribution in [3.8, 4) is 0 Å². The average molecular weight is 339 g/mol. The van der Waals surface area contributed by atoms with Gasteiger partial charge in [0.2, 0.25) is 0 Å². The number of aromatic nitrogens is 2. The smallest absolute Gasteiger partial charge is 0.0945 e. The second-order valence-electron chi connectivity index (χ2n) is 6.48. The van der Waals surface area contributed by atoms with E-state index >= 15 is 0 Å². The maximum Gasteiger partial charge on any atom is 0.0945 e. The summed E-state index contributed by atoms with van der Waals surface area (Å²) in [6.07, 6.45) is 9.11. The number of rotatable bonds is 7. The predicted molar refractivity (Wildman–Crippen MR) is 100 cm³/mol. The summed E-state index contributed by atoms with van der Waals surface area (Å²) in [6, 6.07) is 17.1. The Morgan fingerprint density at radius 3 is 2.38 bits per heavy atom. The molecule has 1 atom stereocenters. The molecule has 3 aromatic rings. The molecule has 1 aromatic heterocycles. The largest absolute Gasteiger partial charge is 0.337 e. The maximum atomic E-state index is 5.98. The van der Waals surface area contributed by atoms with Gasteiger partial charge in [0.25, 0.3) is 0 Å². The van der Waals surface area contributed by atoms with Crippen LogP contribution in [0, 0.1) is 12.8 Å². The lowest BCUT2D eigenvalue weighted by Gasteiger charge is -2.18. The quantitative estimate of drug-likeness (QED) is 0.568. The van der Waals surface area contributed by atoms with Crippen LogP contribution in [0.15, 0.2) is 67.3 Å². The van der Waals surface area contributed by atoms with Crippen LogP contribution >= 0.6 is 11.6 Å². The standard InChI is InChI=1S/C21H23ClN2/c1-17-2-4-19(5-3-17)14-20(15-24-13-12-23-16-24)7-6-18-8-10-21(22)11-9-18/h2-5,8-13,16,20H,6-7,14-15H2,1H3. The number of hydrogen-bond donors (Lipinski definition) is 0. The summed E-state index contributed by atoms with van der Waals surface area (Å²) >= 11 is 5.98. The molecular weight excluding hydrogens is 316 g/mol. The van der Waals surface area contributed by atoms with Crippen molar-refractivity contribution < 1.29 is 0 Å². The monoisotopic (exact) mass is 338 g/mol. The molecule has 0 fully saturated rings. The summed E-state index contributed by atoms with van der Waals surface area (Å²) in [5.74, 6) is 0.581. The Kier molecular flexibility index (Phi) is 5.71. The van der Waals surface area contributed by atoms with E-state index in [1.165, 1.54) is 16.7 Å². The molecule has 0 aliphatic heterocycles. The summed E-state index contributed by atoms with van der Waals surface area (Å²) in [5.41, 5.74) is 4.06. The van der Waals surface area contributed by atoms with Gasteiger partial charge in [-0.3, -0.25) is 0 Å². The molecule has 1 unspecified atom stereocenters. The molecule has 0 saturated carbocycles. The number of nitrogens with zero attached hydrogens (tertiary/aromatic N) is 2. The van der Waals surface area contributed by atoms with Crippen LogP contribution in [0.4, 0.5) is 0 Å². The fraction of sp³-hybridized carbons (Fsp3) is 0.286. The van der Waals surface area contributed by atoms with Gasteiger partial charge in [-0.25, -0.2) is 4.98 Å². The summed E-state index contributed by atoms with van der Waals surface area (Å²) in [5, 5.41) is 0.799. The number of imidazole rings is 1. The lowest BCUT2D eigenvalue weighted by atomic mass is 9.92. The second kappa shape index (κ2) is 8.16. The lowest BCUT2D eigenvalue weighted by Crippen LogP contribution is -2.14. The molecule has 0 saturated heterocycles. The van der Waals surface area contributed by atoms with Crippen molar-refractivity contribution in [2.75, 3.05) is 0 Å². The van der Waals surface area contributed by atoms with Crippen LogP contribution in [0.25, 0.3) is 0 Å². The topological polar surface area (TPSA) is 17.8 Å². The van der Waals surface area contributed by atoms with Gasteiger partial charge in [-0.1, -0.05) is 53.6 Å². The Labute approximate surface area is 149 Å². The van der Waals surface area contributed by atoms with E-state index in [1.54, 1.807) is 0 Å². The predicted octanol–water partition coefficient (Wildman–Crippen LogP) is 5.34. The van der Waals surface area contributed by atoms with Crippen LogP contribution in [0.3, 0.4) is 0 Å². The number of hydrogen-bond acceptors (Lipinski definition) is 1. The minimum Gasteiger partial charge on any atom is -0.337 e. The Bertz CT molecular complexity index is 731. The first-order chi connectivity index (χ1) is 11.7. The second-order valence-corrected chi connectivity index (χ2v) is 6.92. The van der Waals surface area contributed by atoms with E-state index in [0.29, 0.717) is 5.92 Å². The molecule has 124 valence electrons. The highest BCUT2D eigenvalue weighted by Crippen LogP contribution is 2.19. The molecule has 0 aliphatic rings. The van der Waals surface area contributed by atoms with Crippen molar-refractivity contribution in [1.82, 2.24) is 9.55 Å². The number of halogens is 1. The van der Waals surface area contributed by atoms with Crippen molar-refractivity contribution in [2.24, 2.45) is 5.92 Å². The Hall–Kier alpha value is -2.06. The average Bonchev–Trinajstić information content (AvgIpc) is 3.09. The normalized spacial score (nSPS) is 12.2. The highest BCUT2D eigenvalue weighted by molar-refractivity contribution is 6.30. The molecule has 0 N–H and O–H groups in total. The van der Waals surface area contributed by atoms with Crippen LogP contribution in [-0.2, 0) is 19.4 Å². The minimum atomic E-state index is 0.581. The third-order valence-corrected chi connectivity index (χ3v) is 4.68. The fourth-order valence-electron chi connectivity index (χ4n) is 3.03. The van der Waals surface area contributed by atoms with Crippen LogP contribution < -0.4 is 0 Å². The Morgan fingerprint density at radius 1 is 1.00 bits per heavy atom. The van der Waals surface area contributed by atoms with Gasteiger partial charge >= 0.3 is 0 Å². The van der Waals surface area contributed by atoms with Crippen molar-refractivity contribution >= 4 is 11.6 Å². The van der Waals surface area contributed by atoms with Gasteiger partial charge in [0.1, 0.15) is 0 Å². The van der Waals surface area contributed by atoms with Crippen LogP contribution in [0.2, 0.25) is 5.02 Å². The van der Waals surface area contributed by atoms with Crippen LogP contribution in [0.1, 0.15) is 23.1 Å². The summed E-state index contributed by atoms with van der Waals surface area (Å²) < 4.78 is 2.18. The highest BCUT2D eigenvalue weighted by atomic mass is 35.5. The molecule has 0 aliphatic carbocycles. The molecular formula is C21H23ClN2. The number of benzene rings is 2. The molecule has 2 aromatic carbocycles. The highest BCUT2D eigenvalue weighted by Gasteiger charge is 2.11. The van der Waals surface area contributed by atoms with E-state index in [4.69, 9.17) is 11.6 Å². The van der Waals surface area contributed by atoms with Gasteiger partial charge in [-0.15, -0.1) is 0 Å². The molecule has 0 spiro atoms. The van der Waals surface area contributed by atoms with Crippen molar-refractivity contribution in [3.63, 3.8) is 0 Å². The summed E-state index contributed by atoms with van der Waals surface area (Å²) in [6.45, 7) is 3.13. The molecule has 0 bridgehead atoms. The van der Waals surface area contributed by atoms with E-state index in [0.717, 1.165) is 30.8 Å². The maximum absolute atomic E-state index is 5.98. The van der Waals surface area contributed by atoms with Gasteiger partial charge in [0, 0.05) is 24.0 Å². The van der Waals surface area contributed by atoms with Crippen molar-refractivity contribution in [1.29, 1.82) is 0 Å². The van der Waals surface area contributed by atoms with Crippen LogP contribution in [0.5, 0.6) is 0 Å². The lowest BCUT2D eigenvalue weighted by molar-refractivity contribution is 0.412. The molecule has 0 radical (unpaired) electrons. The first kappa shape index (κ1) is 16.8. The zero-order valence-corrected chi connectivity index (χ0v) is 14.8. The molecule has 3 rings (SSSR count). The first-order valence-electron chi connectivity index (χ1n) is 8.45. The fourth-order valence-corrected chi connectivity index (χ4v) is 3.16. The molecule has 0 amide bonds.